The molecule has 0 aromatic heterocycles. The van der Waals surface area contributed by atoms with Gasteiger partial charge >= 0.3 is 6.09 Å². The van der Waals surface area contributed by atoms with Crippen LogP contribution in [0.15, 0.2) is 17.0 Å². The first-order chi connectivity index (χ1) is 12.5. The molecular formula is C20H32N2O4S. The lowest BCUT2D eigenvalue weighted by Crippen LogP contribution is -2.46. The third-order valence-electron chi connectivity index (χ3n) is 4.94. The summed E-state index contributed by atoms with van der Waals surface area (Å²) in [4.78, 5) is 13.8. The van der Waals surface area contributed by atoms with Crippen LogP contribution in [0.3, 0.4) is 0 Å². The number of hydrogen-bond donors (Lipinski definition) is 1. The molecule has 1 amide bonds. The zero-order valence-corrected chi connectivity index (χ0v) is 18.1. The third kappa shape index (κ3) is 5.23. The van der Waals surface area contributed by atoms with Gasteiger partial charge in [-0.3, -0.25) is 0 Å². The minimum Gasteiger partial charge on any atom is -0.450 e. The van der Waals surface area contributed by atoms with Crippen molar-refractivity contribution in [2.45, 2.75) is 70.7 Å². The maximum atomic E-state index is 13.0. The highest BCUT2D eigenvalue weighted by Gasteiger charge is 2.29. The predicted molar refractivity (Wildman–Crippen MR) is 107 cm³/mol. The normalized spacial score (nSPS) is 16.4. The number of benzene rings is 1. The fraction of sp³-hybridized carbons (Fsp3) is 0.650. The summed E-state index contributed by atoms with van der Waals surface area (Å²) in [6.45, 7) is 13.1. The highest BCUT2D eigenvalue weighted by atomic mass is 32.2. The summed E-state index contributed by atoms with van der Waals surface area (Å²) in [5.41, 5.74) is 2.61. The van der Waals surface area contributed by atoms with Crippen molar-refractivity contribution in [2.75, 3.05) is 19.7 Å². The van der Waals surface area contributed by atoms with Gasteiger partial charge in [-0.2, -0.15) is 0 Å². The van der Waals surface area contributed by atoms with Crippen LogP contribution < -0.4 is 4.72 Å². The molecule has 0 unspecified atom stereocenters. The lowest BCUT2D eigenvalue weighted by Gasteiger charge is -2.31. The lowest BCUT2D eigenvalue weighted by atomic mass is 9.85. The number of carbonyl (C=O) groups excluding carboxylic acids is 1. The van der Waals surface area contributed by atoms with Gasteiger partial charge in [-0.15, -0.1) is 0 Å². The number of aryl methyl sites for hydroxylation is 2. The van der Waals surface area contributed by atoms with Crippen LogP contribution in [0, 0.1) is 13.8 Å². The van der Waals surface area contributed by atoms with E-state index in [1.165, 1.54) is 0 Å². The number of sulfonamides is 1. The Bertz CT molecular complexity index is 766. The van der Waals surface area contributed by atoms with Crippen molar-refractivity contribution >= 4 is 16.1 Å². The van der Waals surface area contributed by atoms with Gasteiger partial charge in [-0.05, 0) is 55.7 Å². The van der Waals surface area contributed by atoms with E-state index in [9.17, 15) is 13.2 Å². The van der Waals surface area contributed by atoms with Crippen LogP contribution in [0.2, 0.25) is 0 Å². The molecule has 0 saturated carbocycles. The van der Waals surface area contributed by atoms with Crippen LogP contribution in [0.5, 0.6) is 0 Å². The number of amides is 1. The fourth-order valence-corrected chi connectivity index (χ4v) is 5.24. The summed E-state index contributed by atoms with van der Waals surface area (Å²) in [6.07, 6.45) is 0.829. The summed E-state index contributed by atoms with van der Waals surface area (Å²) in [5.74, 6) is 0. The molecule has 0 aliphatic carbocycles. The Morgan fingerprint density at radius 3 is 2.15 bits per heavy atom. The van der Waals surface area contributed by atoms with E-state index in [2.05, 4.69) is 25.5 Å². The van der Waals surface area contributed by atoms with E-state index in [0.717, 1.165) is 16.7 Å². The summed E-state index contributed by atoms with van der Waals surface area (Å²) in [6, 6.07) is 3.75. The maximum Gasteiger partial charge on any atom is 0.409 e. The van der Waals surface area contributed by atoms with Gasteiger partial charge < -0.3 is 9.64 Å². The second kappa shape index (κ2) is 8.19. The van der Waals surface area contributed by atoms with E-state index in [4.69, 9.17) is 4.74 Å². The summed E-state index contributed by atoms with van der Waals surface area (Å²) in [7, 11) is -3.62. The molecule has 1 aliphatic rings. The van der Waals surface area contributed by atoms with Crippen LogP contribution in [-0.4, -0.2) is 45.1 Å². The second-order valence-electron chi connectivity index (χ2n) is 8.27. The van der Waals surface area contributed by atoms with E-state index >= 15 is 0 Å². The van der Waals surface area contributed by atoms with Gasteiger partial charge in [-0.25, -0.2) is 17.9 Å². The van der Waals surface area contributed by atoms with Crippen LogP contribution in [-0.2, 0) is 20.2 Å². The molecule has 1 aliphatic heterocycles. The van der Waals surface area contributed by atoms with Crippen LogP contribution in [0.4, 0.5) is 4.79 Å². The van der Waals surface area contributed by atoms with Crippen LogP contribution in [0.1, 0.15) is 57.2 Å². The Labute approximate surface area is 163 Å². The molecular weight excluding hydrogens is 364 g/mol. The average Bonchev–Trinajstić information content (AvgIpc) is 2.53. The molecule has 0 atom stereocenters. The molecule has 1 aromatic rings. The molecule has 7 heteroatoms. The minimum absolute atomic E-state index is 0.0365. The van der Waals surface area contributed by atoms with Crippen molar-refractivity contribution < 1.29 is 17.9 Å². The van der Waals surface area contributed by atoms with Gasteiger partial charge in [0.1, 0.15) is 0 Å². The quantitative estimate of drug-likeness (QED) is 0.845. The van der Waals surface area contributed by atoms with Crippen molar-refractivity contribution in [2.24, 2.45) is 0 Å². The van der Waals surface area contributed by atoms with Crippen LogP contribution >= 0.6 is 0 Å². The molecule has 152 valence electrons. The standard InChI is InChI=1S/C20H32N2O4S/c1-7-26-19(23)22-10-8-17(9-11-22)21-27(24,25)18-14(2)12-16(13-15(18)3)20(4,5)6/h12-13,17,21H,7-11H2,1-6H3. The molecule has 1 saturated heterocycles. The van der Waals surface area contributed by atoms with E-state index in [1.54, 1.807) is 11.8 Å². The van der Waals surface area contributed by atoms with Gasteiger partial charge in [0.2, 0.25) is 10.0 Å². The Kier molecular flexibility index (Phi) is 6.58. The molecule has 1 heterocycles. The molecule has 27 heavy (non-hydrogen) atoms. The van der Waals surface area contributed by atoms with Crippen molar-refractivity contribution in [1.82, 2.24) is 9.62 Å². The first-order valence-electron chi connectivity index (χ1n) is 9.51. The number of ether oxygens (including phenoxy) is 1. The molecule has 1 N–H and O–H groups in total. The number of hydrogen-bond acceptors (Lipinski definition) is 4. The maximum absolute atomic E-state index is 13.0. The zero-order valence-electron chi connectivity index (χ0n) is 17.3. The number of rotatable bonds is 4. The van der Waals surface area contributed by atoms with Gasteiger partial charge in [0, 0.05) is 19.1 Å². The van der Waals surface area contributed by atoms with E-state index < -0.39 is 10.0 Å². The topological polar surface area (TPSA) is 75.7 Å². The van der Waals surface area contributed by atoms with Crippen LogP contribution in [0.25, 0.3) is 0 Å². The number of nitrogens with one attached hydrogen (secondary N) is 1. The van der Waals surface area contributed by atoms with Gasteiger partial charge in [0.25, 0.3) is 0 Å². The van der Waals surface area contributed by atoms with Crippen molar-refractivity contribution in [3.05, 3.63) is 28.8 Å². The summed E-state index contributed by atoms with van der Waals surface area (Å²) in [5, 5.41) is 0. The molecule has 1 aromatic carbocycles. The largest absolute Gasteiger partial charge is 0.450 e. The third-order valence-corrected chi connectivity index (χ3v) is 6.76. The molecule has 0 radical (unpaired) electrons. The highest BCUT2D eigenvalue weighted by molar-refractivity contribution is 7.89. The minimum atomic E-state index is -3.62. The molecule has 1 fully saturated rings. The van der Waals surface area contributed by atoms with Gasteiger partial charge in [-0.1, -0.05) is 32.9 Å². The van der Waals surface area contributed by atoms with Crippen molar-refractivity contribution in [1.29, 1.82) is 0 Å². The molecule has 0 spiro atoms. The van der Waals surface area contributed by atoms with E-state index in [0.29, 0.717) is 37.4 Å². The van der Waals surface area contributed by atoms with Gasteiger partial charge in [0.15, 0.2) is 0 Å². The smallest absolute Gasteiger partial charge is 0.409 e. The molecule has 2 rings (SSSR count). The van der Waals surface area contributed by atoms with Crippen molar-refractivity contribution in [3.8, 4) is 0 Å². The number of likely N-dealkylation sites (tertiary alicyclic amines) is 1. The van der Waals surface area contributed by atoms with Crippen molar-refractivity contribution in [3.63, 3.8) is 0 Å². The predicted octanol–water partition coefficient (Wildman–Crippen LogP) is 3.50. The summed E-state index contributed by atoms with van der Waals surface area (Å²) < 4.78 is 33.9. The molecule has 6 nitrogen and oxygen atoms in total. The SMILES string of the molecule is CCOC(=O)N1CCC(NS(=O)(=O)c2c(C)cc(C(C)(C)C)cc2C)CC1. The Morgan fingerprint density at radius 2 is 1.70 bits per heavy atom. The Morgan fingerprint density at radius 1 is 1.19 bits per heavy atom. The summed E-state index contributed by atoms with van der Waals surface area (Å²) >= 11 is 0. The Balaban J connectivity index is 2.13. The number of piperidine rings is 1. The fourth-order valence-electron chi connectivity index (χ4n) is 3.48. The first-order valence-corrected chi connectivity index (χ1v) is 11.0. The van der Waals surface area contributed by atoms with E-state index in [-0.39, 0.29) is 17.6 Å². The highest BCUT2D eigenvalue weighted by Crippen LogP contribution is 2.29. The molecule has 0 bridgehead atoms. The average molecular weight is 397 g/mol. The van der Waals surface area contributed by atoms with Gasteiger partial charge in [0.05, 0.1) is 11.5 Å². The monoisotopic (exact) mass is 396 g/mol. The Hall–Kier alpha value is -1.60. The zero-order chi connectivity index (χ0) is 20.4. The number of nitrogens with zero attached hydrogens (tertiary/aromatic N) is 1. The first kappa shape index (κ1) is 21.7. The number of carbonyl (C=O) groups is 1. The lowest BCUT2D eigenvalue weighted by molar-refractivity contribution is 0.0966. The van der Waals surface area contributed by atoms with E-state index in [1.807, 2.05) is 26.0 Å². The second-order valence-corrected chi connectivity index (χ2v) is 9.92.